The number of ether oxygens (including phenoxy) is 1. The third-order valence-corrected chi connectivity index (χ3v) is 2.74. The van der Waals surface area contributed by atoms with Crippen molar-refractivity contribution in [3.63, 3.8) is 0 Å². The highest BCUT2D eigenvalue weighted by Gasteiger charge is 2.09. The largest absolute Gasteiger partial charge is 0.492 e. The maximum Gasteiger partial charge on any atom is 0.138 e. The zero-order chi connectivity index (χ0) is 11.5. The smallest absolute Gasteiger partial charge is 0.138 e. The second-order valence-corrected chi connectivity index (χ2v) is 4.19. The Morgan fingerprint density at radius 1 is 1.62 bits per heavy atom. The Kier molecular flexibility index (Phi) is 3.11. The van der Waals surface area contributed by atoms with Crippen molar-refractivity contribution in [1.82, 2.24) is 9.61 Å². The fourth-order valence-corrected chi connectivity index (χ4v) is 2.05. The van der Waals surface area contributed by atoms with E-state index in [0.29, 0.717) is 12.2 Å². The maximum atomic E-state index is 8.90. The molecule has 0 aliphatic heterocycles. The van der Waals surface area contributed by atoms with E-state index < -0.39 is 0 Å². The first-order chi connectivity index (χ1) is 7.76. The predicted octanol–water partition coefficient (Wildman–Crippen LogP) is 2.76. The molecule has 0 fully saturated rings. The molecule has 0 saturated carbocycles. The standard InChI is InChI=1S/C11H10BrN3O/c1-2-3-16-9-4-10(12)11-8(5-13)6-14-15(11)7-9/h4,6-7H,2-3H2,1H3. The van der Waals surface area contributed by atoms with Crippen molar-refractivity contribution in [2.45, 2.75) is 13.3 Å². The molecule has 82 valence electrons. The van der Waals surface area contributed by atoms with E-state index in [2.05, 4.69) is 34.0 Å². The third kappa shape index (κ3) is 1.89. The second-order valence-electron chi connectivity index (χ2n) is 3.34. The number of pyridine rings is 1. The topological polar surface area (TPSA) is 50.3 Å². The zero-order valence-electron chi connectivity index (χ0n) is 8.77. The van der Waals surface area contributed by atoms with Crippen LogP contribution in [-0.4, -0.2) is 16.2 Å². The molecule has 0 radical (unpaired) electrons. The minimum absolute atomic E-state index is 0.550. The van der Waals surface area contributed by atoms with Crippen LogP contribution in [0.3, 0.4) is 0 Å². The van der Waals surface area contributed by atoms with Crippen LogP contribution >= 0.6 is 15.9 Å². The van der Waals surface area contributed by atoms with Gasteiger partial charge in [0.15, 0.2) is 0 Å². The summed E-state index contributed by atoms with van der Waals surface area (Å²) < 4.78 is 7.97. The summed E-state index contributed by atoms with van der Waals surface area (Å²) in [5, 5.41) is 13.0. The molecule has 2 aromatic heterocycles. The minimum atomic E-state index is 0.550. The Bertz CT molecular complexity index is 556. The first kappa shape index (κ1) is 11.0. The summed E-state index contributed by atoms with van der Waals surface area (Å²) in [6, 6.07) is 3.95. The quantitative estimate of drug-likeness (QED) is 0.868. The van der Waals surface area contributed by atoms with Gasteiger partial charge in [-0.3, -0.25) is 0 Å². The van der Waals surface area contributed by atoms with Gasteiger partial charge in [0, 0.05) is 4.47 Å². The molecule has 0 N–H and O–H groups in total. The van der Waals surface area contributed by atoms with Gasteiger partial charge in [0.05, 0.1) is 30.1 Å². The van der Waals surface area contributed by atoms with E-state index in [0.717, 1.165) is 22.2 Å². The summed E-state index contributed by atoms with van der Waals surface area (Å²) in [6.07, 6.45) is 4.28. The molecule has 0 aliphatic rings. The van der Waals surface area contributed by atoms with E-state index in [-0.39, 0.29) is 0 Å². The third-order valence-electron chi connectivity index (χ3n) is 2.13. The van der Waals surface area contributed by atoms with Crippen molar-refractivity contribution >= 4 is 21.4 Å². The molecule has 16 heavy (non-hydrogen) atoms. The van der Waals surface area contributed by atoms with Gasteiger partial charge < -0.3 is 4.74 Å². The molecule has 4 nitrogen and oxygen atoms in total. The van der Waals surface area contributed by atoms with Crippen molar-refractivity contribution in [1.29, 1.82) is 5.26 Å². The number of nitrogens with zero attached hydrogens (tertiary/aromatic N) is 3. The summed E-state index contributed by atoms with van der Waals surface area (Å²) in [7, 11) is 0. The SMILES string of the molecule is CCCOc1cc(Br)c2c(C#N)cnn2c1. The average Bonchev–Trinajstić information content (AvgIpc) is 2.69. The summed E-state index contributed by atoms with van der Waals surface area (Å²) in [5.41, 5.74) is 1.32. The number of nitriles is 1. The first-order valence-electron chi connectivity index (χ1n) is 4.96. The molecule has 0 unspecified atom stereocenters. The zero-order valence-corrected chi connectivity index (χ0v) is 10.4. The van der Waals surface area contributed by atoms with Crippen LogP contribution in [0, 0.1) is 11.3 Å². The number of halogens is 1. The molecule has 5 heteroatoms. The Morgan fingerprint density at radius 2 is 2.44 bits per heavy atom. The lowest BCUT2D eigenvalue weighted by atomic mass is 10.3. The molecule has 0 atom stereocenters. The van der Waals surface area contributed by atoms with Gasteiger partial charge in [-0.15, -0.1) is 0 Å². The van der Waals surface area contributed by atoms with Gasteiger partial charge in [0.1, 0.15) is 11.8 Å². The van der Waals surface area contributed by atoms with E-state index in [4.69, 9.17) is 10.00 Å². The normalized spacial score (nSPS) is 10.3. The second kappa shape index (κ2) is 4.54. The van der Waals surface area contributed by atoms with Crippen LogP contribution in [0.2, 0.25) is 0 Å². The first-order valence-corrected chi connectivity index (χ1v) is 5.75. The number of hydrogen-bond acceptors (Lipinski definition) is 3. The van der Waals surface area contributed by atoms with Crippen LogP contribution in [0.25, 0.3) is 5.52 Å². The highest BCUT2D eigenvalue weighted by Crippen LogP contribution is 2.26. The molecular weight excluding hydrogens is 270 g/mol. The van der Waals surface area contributed by atoms with Crippen molar-refractivity contribution in [3.8, 4) is 11.8 Å². The highest BCUT2D eigenvalue weighted by molar-refractivity contribution is 9.10. The fraction of sp³-hybridized carbons (Fsp3) is 0.273. The summed E-state index contributed by atoms with van der Waals surface area (Å²) in [4.78, 5) is 0. The number of fused-ring (bicyclic) bond motifs is 1. The minimum Gasteiger partial charge on any atom is -0.492 e. The van der Waals surface area contributed by atoms with E-state index in [1.54, 1.807) is 16.9 Å². The lowest BCUT2D eigenvalue weighted by molar-refractivity contribution is 0.315. The van der Waals surface area contributed by atoms with Gasteiger partial charge in [-0.2, -0.15) is 10.4 Å². The van der Waals surface area contributed by atoms with Crippen LogP contribution in [0.5, 0.6) is 5.75 Å². The molecule has 0 saturated heterocycles. The van der Waals surface area contributed by atoms with E-state index in [1.165, 1.54) is 0 Å². The average molecular weight is 280 g/mol. The van der Waals surface area contributed by atoms with E-state index in [1.807, 2.05) is 6.07 Å². The Hall–Kier alpha value is -1.54. The number of rotatable bonds is 3. The molecular formula is C11H10BrN3O. The van der Waals surface area contributed by atoms with Crippen LogP contribution < -0.4 is 4.74 Å². The maximum absolute atomic E-state index is 8.90. The van der Waals surface area contributed by atoms with Crippen LogP contribution in [0.1, 0.15) is 18.9 Å². The monoisotopic (exact) mass is 279 g/mol. The molecule has 0 aliphatic carbocycles. The number of aromatic nitrogens is 2. The molecule has 0 aromatic carbocycles. The lowest BCUT2D eigenvalue weighted by Crippen LogP contribution is -1.97. The summed E-state index contributed by atoms with van der Waals surface area (Å²) in [5.74, 6) is 0.744. The highest BCUT2D eigenvalue weighted by atomic mass is 79.9. The molecule has 2 heterocycles. The summed E-state index contributed by atoms with van der Waals surface area (Å²) in [6.45, 7) is 2.72. The summed E-state index contributed by atoms with van der Waals surface area (Å²) >= 11 is 3.42. The van der Waals surface area contributed by atoms with Crippen LogP contribution in [-0.2, 0) is 0 Å². The molecule has 0 bridgehead atoms. The molecule has 2 aromatic rings. The van der Waals surface area contributed by atoms with Crippen LogP contribution in [0.4, 0.5) is 0 Å². The van der Waals surface area contributed by atoms with Gasteiger partial charge in [-0.1, -0.05) is 6.92 Å². The Balaban J connectivity index is 2.49. The number of hydrogen-bond donors (Lipinski definition) is 0. The van der Waals surface area contributed by atoms with Crippen molar-refractivity contribution in [2.75, 3.05) is 6.61 Å². The van der Waals surface area contributed by atoms with Gasteiger partial charge >= 0.3 is 0 Å². The van der Waals surface area contributed by atoms with Gasteiger partial charge in [0.25, 0.3) is 0 Å². The fourth-order valence-electron chi connectivity index (χ4n) is 1.43. The van der Waals surface area contributed by atoms with E-state index in [9.17, 15) is 0 Å². The van der Waals surface area contributed by atoms with Crippen molar-refractivity contribution in [2.24, 2.45) is 0 Å². The lowest BCUT2D eigenvalue weighted by Gasteiger charge is -2.06. The molecule has 2 rings (SSSR count). The Morgan fingerprint density at radius 3 is 3.12 bits per heavy atom. The molecule has 0 amide bonds. The van der Waals surface area contributed by atoms with E-state index >= 15 is 0 Å². The van der Waals surface area contributed by atoms with Gasteiger partial charge in [-0.25, -0.2) is 4.52 Å². The van der Waals surface area contributed by atoms with Crippen LogP contribution in [0.15, 0.2) is 22.9 Å². The van der Waals surface area contributed by atoms with Gasteiger partial charge in [0.2, 0.25) is 0 Å². The predicted molar refractivity (Wildman–Crippen MR) is 63.4 cm³/mol. The Labute approximate surface area is 102 Å². The van der Waals surface area contributed by atoms with Crippen molar-refractivity contribution < 1.29 is 4.74 Å². The molecule has 0 spiro atoms. The van der Waals surface area contributed by atoms with Gasteiger partial charge in [-0.05, 0) is 28.4 Å². The van der Waals surface area contributed by atoms with Crippen molar-refractivity contribution in [3.05, 3.63) is 28.5 Å².